The highest BCUT2D eigenvalue weighted by atomic mass is 16.5. The Morgan fingerprint density at radius 2 is 1.62 bits per heavy atom. The minimum atomic E-state index is -0.211. The van der Waals surface area contributed by atoms with Crippen LogP contribution in [0.25, 0.3) is 0 Å². The minimum Gasteiger partial charge on any atom is -0.497 e. The normalized spacial score (nSPS) is 21.0. The van der Waals surface area contributed by atoms with E-state index in [-0.39, 0.29) is 29.2 Å². The molecular formula is C19H28N2O3. The van der Waals surface area contributed by atoms with Gasteiger partial charge in [0.2, 0.25) is 11.8 Å². The Morgan fingerprint density at radius 3 is 2.17 bits per heavy atom. The largest absolute Gasteiger partial charge is 0.497 e. The van der Waals surface area contributed by atoms with Gasteiger partial charge < -0.3 is 15.4 Å². The number of benzene rings is 1. The van der Waals surface area contributed by atoms with Crippen LogP contribution in [0.5, 0.6) is 5.75 Å². The van der Waals surface area contributed by atoms with E-state index >= 15 is 0 Å². The Labute approximate surface area is 144 Å². The zero-order valence-electron chi connectivity index (χ0n) is 15.0. The highest BCUT2D eigenvalue weighted by Gasteiger charge is 2.31. The fraction of sp³-hybridized carbons (Fsp3) is 0.579. The van der Waals surface area contributed by atoms with Crippen LogP contribution < -0.4 is 15.4 Å². The maximum Gasteiger partial charge on any atom is 0.227 e. The first-order valence-corrected chi connectivity index (χ1v) is 8.55. The van der Waals surface area contributed by atoms with Gasteiger partial charge in [-0.3, -0.25) is 9.59 Å². The van der Waals surface area contributed by atoms with Crippen molar-refractivity contribution in [1.82, 2.24) is 5.32 Å². The number of amides is 2. The van der Waals surface area contributed by atoms with Crippen molar-refractivity contribution in [3.8, 4) is 5.75 Å². The predicted molar refractivity (Wildman–Crippen MR) is 95.0 cm³/mol. The van der Waals surface area contributed by atoms with Crippen LogP contribution >= 0.6 is 0 Å². The molecule has 132 valence electrons. The van der Waals surface area contributed by atoms with Gasteiger partial charge in [0.15, 0.2) is 0 Å². The Kier molecular flexibility index (Phi) is 5.86. The number of hydrogen-bond donors (Lipinski definition) is 2. The highest BCUT2D eigenvalue weighted by molar-refractivity contribution is 5.93. The van der Waals surface area contributed by atoms with Gasteiger partial charge in [0.05, 0.1) is 7.11 Å². The zero-order valence-corrected chi connectivity index (χ0v) is 15.0. The molecule has 1 aliphatic carbocycles. The van der Waals surface area contributed by atoms with E-state index in [4.69, 9.17) is 4.74 Å². The second-order valence-electron chi connectivity index (χ2n) is 7.51. The molecule has 2 N–H and O–H groups in total. The number of methoxy groups -OCH3 is 1. The lowest BCUT2D eigenvalue weighted by Gasteiger charge is -2.30. The highest BCUT2D eigenvalue weighted by Crippen LogP contribution is 2.30. The first-order valence-electron chi connectivity index (χ1n) is 8.55. The van der Waals surface area contributed by atoms with Crippen molar-refractivity contribution in [2.24, 2.45) is 11.8 Å². The second kappa shape index (κ2) is 7.69. The molecule has 1 aromatic carbocycles. The van der Waals surface area contributed by atoms with E-state index in [1.165, 1.54) is 0 Å². The molecule has 0 radical (unpaired) electrons. The van der Waals surface area contributed by atoms with Crippen LogP contribution in [0.15, 0.2) is 24.3 Å². The van der Waals surface area contributed by atoms with Crippen LogP contribution in [0, 0.1) is 11.8 Å². The average molecular weight is 332 g/mol. The van der Waals surface area contributed by atoms with Gasteiger partial charge in [-0.05, 0) is 58.6 Å². The fourth-order valence-corrected chi connectivity index (χ4v) is 3.03. The van der Waals surface area contributed by atoms with Crippen molar-refractivity contribution in [2.75, 3.05) is 12.4 Å². The summed E-state index contributed by atoms with van der Waals surface area (Å²) in [6, 6.07) is 7.35. The number of rotatable bonds is 4. The van der Waals surface area contributed by atoms with Crippen molar-refractivity contribution >= 4 is 17.5 Å². The fourth-order valence-electron chi connectivity index (χ4n) is 3.03. The minimum absolute atomic E-state index is 0.0186. The number of anilines is 1. The molecule has 2 amide bonds. The third-order valence-electron chi connectivity index (χ3n) is 4.30. The molecular weight excluding hydrogens is 304 g/mol. The van der Waals surface area contributed by atoms with E-state index in [9.17, 15) is 9.59 Å². The van der Waals surface area contributed by atoms with E-state index in [0.717, 1.165) is 37.1 Å². The van der Waals surface area contributed by atoms with Gasteiger partial charge in [0.1, 0.15) is 5.75 Å². The van der Waals surface area contributed by atoms with Crippen molar-refractivity contribution < 1.29 is 14.3 Å². The summed E-state index contributed by atoms with van der Waals surface area (Å²) in [5, 5.41) is 5.98. The molecule has 5 heteroatoms. The van der Waals surface area contributed by atoms with Crippen LogP contribution in [0.2, 0.25) is 0 Å². The van der Waals surface area contributed by atoms with Crippen molar-refractivity contribution in [2.45, 2.75) is 52.0 Å². The number of nitrogens with one attached hydrogen (secondary N) is 2. The van der Waals surface area contributed by atoms with Gasteiger partial charge in [-0.2, -0.15) is 0 Å². The summed E-state index contributed by atoms with van der Waals surface area (Å²) in [5.74, 6) is 0.836. The maximum absolute atomic E-state index is 12.4. The molecule has 1 fully saturated rings. The standard InChI is InChI=1S/C19H28N2O3/c1-19(2,3)21-18(23)14-10-8-13(9-11-14)17(22)20-15-6-5-7-16(12-15)24-4/h5-7,12-14H,8-11H2,1-4H3,(H,20,22)(H,21,23). The molecule has 0 spiro atoms. The summed E-state index contributed by atoms with van der Waals surface area (Å²) < 4.78 is 5.17. The lowest BCUT2D eigenvalue weighted by Crippen LogP contribution is -2.45. The molecule has 0 atom stereocenters. The lowest BCUT2D eigenvalue weighted by atomic mass is 9.81. The molecule has 5 nitrogen and oxygen atoms in total. The van der Waals surface area contributed by atoms with Crippen LogP contribution in [-0.4, -0.2) is 24.5 Å². The maximum atomic E-state index is 12.4. The zero-order chi connectivity index (χ0) is 17.7. The van der Waals surface area contributed by atoms with E-state index < -0.39 is 0 Å². The summed E-state index contributed by atoms with van der Waals surface area (Å²) in [7, 11) is 1.60. The molecule has 1 aliphatic rings. The SMILES string of the molecule is COc1cccc(NC(=O)C2CCC(C(=O)NC(C)(C)C)CC2)c1. The van der Waals surface area contributed by atoms with Crippen molar-refractivity contribution in [3.05, 3.63) is 24.3 Å². The smallest absolute Gasteiger partial charge is 0.227 e. The topological polar surface area (TPSA) is 67.4 Å². The van der Waals surface area contributed by atoms with Gasteiger partial charge in [-0.15, -0.1) is 0 Å². The number of carbonyl (C=O) groups excluding carboxylic acids is 2. The van der Waals surface area contributed by atoms with Gasteiger partial charge in [-0.25, -0.2) is 0 Å². The predicted octanol–water partition coefficient (Wildman–Crippen LogP) is 3.35. The summed E-state index contributed by atoms with van der Waals surface area (Å²) in [6.07, 6.45) is 3.02. The average Bonchev–Trinajstić information content (AvgIpc) is 2.53. The van der Waals surface area contributed by atoms with E-state index in [2.05, 4.69) is 10.6 Å². The molecule has 0 saturated heterocycles. The van der Waals surface area contributed by atoms with Gasteiger partial charge in [0.25, 0.3) is 0 Å². The van der Waals surface area contributed by atoms with E-state index in [1.54, 1.807) is 13.2 Å². The third-order valence-corrected chi connectivity index (χ3v) is 4.30. The van der Waals surface area contributed by atoms with Crippen LogP contribution in [-0.2, 0) is 9.59 Å². The van der Waals surface area contributed by atoms with Crippen molar-refractivity contribution in [1.29, 1.82) is 0 Å². The second-order valence-corrected chi connectivity index (χ2v) is 7.51. The Bertz CT molecular complexity index is 585. The van der Waals surface area contributed by atoms with E-state index in [1.807, 2.05) is 39.0 Å². The van der Waals surface area contributed by atoms with Gasteiger partial charge in [0, 0.05) is 29.1 Å². The Hall–Kier alpha value is -2.04. The first-order chi connectivity index (χ1) is 11.3. The monoisotopic (exact) mass is 332 g/mol. The summed E-state index contributed by atoms with van der Waals surface area (Å²) in [6.45, 7) is 5.95. The van der Waals surface area contributed by atoms with Gasteiger partial charge in [-0.1, -0.05) is 6.07 Å². The molecule has 2 rings (SSSR count). The molecule has 1 aromatic rings. The number of hydrogen-bond acceptors (Lipinski definition) is 3. The Morgan fingerprint density at radius 1 is 1.04 bits per heavy atom. The molecule has 0 bridgehead atoms. The van der Waals surface area contributed by atoms with Crippen LogP contribution in [0.1, 0.15) is 46.5 Å². The number of carbonyl (C=O) groups is 2. The quantitative estimate of drug-likeness (QED) is 0.888. The Balaban J connectivity index is 1.85. The lowest BCUT2D eigenvalue weighted by molar-refractivity contribution is -0.129. The number of ether oxygens (including phenoxy) is 1. The third kappa shape index (κ3) is 5.25. The van der Waals surface area contributed by atoms with Crippen molar-refractivity contribution in [3.63, 3.8) is 0 Å². The molecule has 0 aromatic heterocycles. The summed E-state index contributed by atoms with van der Waals surface area (Å²) in [5.41, 5.74) is 0.532. The first kappa shape index (κ1) is 18.3. The van der Waals surface area contributed by atoms with E-state index in [0.29, 0.717) is 0 Å². The van der Waals surface area contributed by atoms with Gasteiger partial charge >= 0.3 is 0 Å². The summed E-state index contributed by atoms with van der Waals surface area (Å²) in [4.78, 5) is 24.6. The molecule has 24 heavy (non-hydrogen) atoms. The van der Waals surface area contributed by atoms with Crippen LogP contribution in [0.3, 0.4) is 0 Å². The molecule has 0 unspecified atom stereocenters. The summed E-state index contributed by atoms with van der Waals surface area (Å²) >= 11 is 0. The van der Waals surface area contributed by atoms with Crippen LogP contribution in [0.4, 0.5) is 5.69 Å². The molecule has 1 saturated carbocycles. The molecule has 0 heterocycles. The molecule has 0 aliphatic heterocycles.